The van der Waals surface area contributed by atoms with Gasteiger partial charge in [-0.05, 0) is 132 Å². The highest BCUT2D eigenvalue weighted by Gasteiger charge is 2.48. The van der Waals surface area contributed by atoms with E-state index in [2.05, 4.69) is 320 Å². The highest BCUT2D eigenvalue weighted by Crippen LogP contribution is 2.52. The zero-order valence-corrected chi connectivity index (χ0v) is 49.4. The molecule has 0 radical (unpaired) electrons. The van der Waals surface area contributed by atoms with E-state index in [9.17, 15) is 1.37 Å². The van der Waals surface area contributed by atoms with Crippen LogP contribution in [0.5, 0.6) is 23.0 Å². The lowest BCUT2D eigenvalue weighted by Crippen LogP contribution is -2.63. The predicted octanol–water partition coefficient (Wildman–Crippen LogP) is 17.6. The SMILES string of the molecule is [2H]c1c2c(cc3c1B1c4ccccc4Oc4cc(-c5ccccc5)cc(c41)N3c1c(-c3ccccc3)cccc1-c1ccccc1)Oc1cc(C(C)(C)C)cc3c1B2c1ccc(-n2c4ccccc4c4ccccc42)cc1N3c1ccccc1-c1ccccc1. The molecule has 7 heteroatoms. The first-order valence-corrected chi connectivity index (χ1v) is 30.9. The van der Waals surface area contributed by atoms with Crippen molar-refractivity contribution in [3.63, 3.8) is 0 Å². The molecule has 0 bridgehead atoms. The van der Waals surface area contributed by atoms with Gasteiger partial charge in [-0.3, -0.25) is 0 Å². The normalized spacial score (nSPS) is 13.4. The molecule has 4 aliphatic rings. The van der Waals surface area contributed by atoms with Gasteiger partial charge in [-0.15, -0.1) is 0 Å². The second-order valence-corrected chi connectivity index (χ2v) is 25.0. The largest absolute Gasteiger partial charge is 0.458 e. The molecule has 0 N–H and O–H groups in total. The molecule has 4 aliphatic heterocycles. The third-order valence-corrected chi connectivity index (χ3v) is 18.9. The predicted molar refractivity (Wildman–Crippen MR) is 373 cm³/mol. The number of hydrogen-bond acceptors (Lipinski definition) is 4. The molecular weight excluding hydrogens is 1080 g/mol. The van der Waals surface area contributed by atoms with E-state index in [4.69, 9.17) is 9.47 Å². The number of anilines is 6. The summed E-state index contributed by atoms with van der Waals surface area (Å²) in [5, 5.41) is 2.41. The summed E-state index contributed by atoms with van der Waals surface area (Å²) in [4.78, 5) is 4.97. The Bertz CT molecular complexity index is 5170. The molecule has 0 unspecified atom stereocenters. The number of aromatic nitrogens is 1. The number of hydrogen-bond donors (Lipinski definition) is 0. The van der Waals surface area contributed by atoms with Crippen LogP contribution >= 0.6 is 0 Å². The van der Waals surface area contributed by atoms with Crippen LogP contribution in [0.3, 0.4) is 0 Å². The van der Waals surface area contributed by atoms with E-state index < -0.39 is 13.4 Å². The van der Waals surface area contributed by atoms with Gasteiger partial charge in [0.15, 0.2) is 0 Å². The Morgan fingerprint density at radius 3 is 1.52 bits per heavy atom. The molecule has 5 nitrogen and oxygen atoms in total. The molecule has 89 heavy (non-hydrogen) atoms. The topological polar surface area (TPSA) is 29.9 Å². The van der Waals surface area contributed by atoms with Crippen molar-refractivity contribution in [3.8, 4) is 73.2 Å². The highest BCUT2D eigenvalue weighted by molar-refractivity contribution is 7.02. The standard InChI is InChI=1S/C82H57B2N3O2/c1-82(2,3)57-47-74-80-78(48-57)89-76-51-72-66(50-67(76)83(80)64-44-43-58(85-69-40-21-17-34-62(69)63-35-18-22-41-70(63)85)49-71(64)86(74)68-39-20-16-33-59(68)53-27-10-5-11-28-53)84-65-38-19-23-42-75(65)88-77-46-56(52-25-8-4-9-26-52)45-73(79(77)84)87(72)81-60(54-29-12-6-13-30-54)36-24-37-61(81)55-31-14-7-15-32-55/h4-51H,1-3H3/i50D. The monoisotopic (exact) mass is 1140 g/mol. The van der Waals surface area contributed by atoms with Crippen LogP contribution in [0.25, 0.3) is 72.0 Å². The fraction of sp³-hybridized carbons (Fsp3) is 0.0488. The Labute approximate surface area is 520 Å². The summed E-state index contributed by atoms with van der Waals surface area (Å²) < 4.78 is 29.0. The molecule has 0 saturated heterocycles. The lowest BCUT2D eigenvalue weighted by atomic mass is 9.31. The van der Waals surface area contributed by atoms with E-state index >= 15 is 0 Å². The van der Waals surface area contributed by atoms with Crippen LogP contribution in [0.15, 0.2) is 291 Å². The maximum atomic E-state index is 11.6. The van der Waals surface area contributed by atoms with E-state index in [0.717, 1.165) is 151 Å². The average molecular weight is 1140 g/mol. The molecule has 0 atom stereocenters. The maximum Gasteiger partial charge on any atom is 0.256 e. The molecule has 13 aromatic carbocycles. The van der Waals surface area contributed by atoms with Crippen LogP contribution in [0.2, 0.25) is 0 Å². The van der Waals surface area contributed by atoms with Gasteiger partial charge in [0.25, 0.3) is 13.4 Å². The molecule has 14 aromatic rings. The first-order chi connectivity index (χ1) is 44.2. The van der Waals surface area contributed by atoms with Crippen molar-refractivity contribution in [1.82, 2.24) is 4.57 Å². The van der Waals surface area contributed by atoms with Crippen molar-refractivity contribution in [2.45, 2.75) is 26.2 Å². The number of fused-ring (bicyclic) bond motifs is 11. The Morgan fingerprint density at radius 1 is 0.337 bits per heavy atom. The Balaban J connectivity index is 0.966. The molecule has 1 aromatic heterocycles. The molecule has 0 saturated carbocycles. The summed E-state index contributed by atoms with van der Waals surface area (Å²) in [5.74, 6) is 3.00. The van der Waals surface area contributed by atoms with Crippen molar-refractivity contribution in [1.29, 1.82) is 0 Å². The number of rotatable bonds is 7. The molecular formula is C82H57B2N3O2. The second kappa shape index (κ2) is 19.8. The second-order valence-electron chi connectivity index (χ2n) is 25.0. The summed E-state index contributed by atoms with van der Waals surface area (Å²) in [6.07, 6.45) is 0. The molecule has 418 valence electrons. The van der Waals surface area contributed by atoms with Gasteiger partial charge >= 0.3 is 0 Å². The van der Waals surface area contributed by atoms with E-state index in [-0.39, 0.29) is 5.41 Å². The maximum absolute atomic E-state index is 11.6. The van der Waals surface area contributed by atoms with E-state index in [1.165, 1.54) is 10.8 Å². The Hall–Kier alpha value is -11.0. The summed E-state index contributed by atoms with van der Waals surface area (Å²) in [6.45, 7) is 6.06. The first kappa shape index (κ1) is 50.2. The van der Waals surface area contributed by atoms with Crippen molar-refractivity contribution in [3.05, 3.63) is 297 Å². The third kappa shape index (κ3) is 7.91. The summed E-state index contributed by atoms with van der Waals surface area (Å²) in [6, 6.07) is 103. The van der Waals surface area contributed by atoms with Crippen molar-refractivity contribution < 1.29 is 10.8 Å². The lowest BCUT2D eigenvalue weighted by molar-refractivity contribution is 0.483. The van der Waals surface area contributed by atoms with Gasteiger partial charge in [0.1, 0.15) is 23.0 Å². The fourth-order valence-electron chi connectivity index (χ4n) is 14.9. The molecule has 0 spiro atoms. The average Bonchev–Trinajstić information content (AvgIpc) is 0.794. The van der Waals surface area contributed by atoms with Crippen molar-refractivity contribution in [2.24, 2.45) is 0 Å². The minimum absolute atomic E-state index is 0.281. The molecule has 18 rings (SSSR count). The van der Waals surface area contributed by atoms with Gasteiger partial charge in [-0.25, -0.2) is 0 Å². The van der Waals surface area contributed by atoms with Gasteiger partial charge < -0.3 is 23.8 Å². The molecule has 0 amide bonds. The molecule has 0 aliphatic carbocycles. The van der Waals surface area contributed by atoms with E-state index in [1.807, 2.05) is 0 Å². The van der Waals surface area contributed by atoms with Gasteiger partial charge in [0.2, 0.25) is 0 Å². The quantitative estimate of drug-likeness (QED) is 0.149. The third-order valence-electron chi connectivity index (χ3n) is 18.9. The van der Waals surface area contributed by atoms with Crippen molar-refractivity contribution in [2.75, 3.05) is 9.80 Å². The fourth-order valence-corrected chi connectivity index (χ4v) is 14.9. The van der Waals surface area contributed by atoms with Gasteiger partial charge in [0.05, 0.1) is 23.8 Å². The Kier molecular flexibility index (Phi) is 11.1. The minimum atomic E-state index is -0.422. The van der Waals surface area contributed by atoms with Crippen LogP contribution < -0.4 is 52.1 Å². The van der Waals surface area contributed by atoms with Crippen LogP contribution in [-0.4, -0.2) is 18.0 Å². The summed E-state index contributed by atoms with van der Waals surface area (Å²) >= 11 is 0. The van der Waals surface area contributed by atoms with Crippen molar-refractivity contribution >= 4 is 102 Å². The zero-order valence-electron chi connectivity index (χ0n) is 50.4. The molecule has 5 heterocycles. The number of ether oxygens (including phenoxy) is 2. The van der Waals surface area contributed by atoms with Crippen LogP contribution in [0.4, 0.5) is 34.1 Å². The smallest absolute Gasteiger partial charge is 0.256 e. The number of para-hydroxylation sites is 5. The molecule has 0 fully saturated rings. The van der Waals surface area contributed by atoms with E-state index in [1.54, 1.807) is 0 Å². The van der Waals surface area contributed by atoms with Crippen LogP contribution in [0, 0.1) is 0 Å². The van der Waals surface area contributed by atoms with Gasteiger partial charge in [-0.1, -0.05) is 245 Å². The van der Waals surface area contributed by atoms with Gasteiger partial charge in [-0.2, -0.15) is 0 Å². The highest BCUT2D eigenvalue weighted by atomic mass is 16.5. The van der Waals surface area contributed by atoms with Crippen LogP contribution in [0.1, 0.15) is 27.7 Å². The summed E-state index contributed by atoms with van der Waals surface area (Å²) in [7, 11) is 0. The number of benzene rings is 13. The van der Waals surface area contributed by atoms with Gasteiger partial charge in [0, 0.05) is 62.0 Å². The minimum Gasteiger partial charge on any atom is -0.458 e. The van der Waals surface area contributed by atoms with E-state index in [0.29, 0.717) is 11.8 Å². The Morgan fingerprint density at radius 2 is 0.854 bits per heavy atom. The first-order valence-electron chi connectivity index (χ1n) is 31.4. The lowest BCUT2D eigenvalue weighted by Gasteiger charge is -2.44. The zero-order chi connectivity index (χ0) is 59.9. The number of nitrogens with zero attached hydrogens (tertiary/aromatic N) is 3. The van der Waals surface area contributed by atoms with Crippen LogP contribution in [-0.2, 0) is 5.41 Å². The summed E-state index contributed by atoms with van der Waals surface area (Å²) in [5.41, 5.74) is 24.7.